The Bertz CT molecular complexity index is 508. The van der Waals surface area contributed by atoms with E-state index in [-0.39, 0.29) is 11.9 Å². The molecule has 1 heterocycles. The molecule has 0 bridgehead atoms. The summed E-state index contributed by atoms with van der Waals surface area (Å²) in [6.07, 6.45) is 6.56. The minimum absolute atomic E-state index is 0.133. The number of hydrogen-bond donors (Lipinski definition) is 2. The minimum atomic E-state index is 0.133. The van der Waals surface area contributed by atoms with E-state index in [4.69, 9.17) is 5.73 Å². The summed E-state index contributed by atoms with van der Waals surface area (Å²) in [7, 11) is 0. The van der Waals surface area contributed by atoms with Crippen LogP contribution in [-0.4, -0.2) is 29.9 Å². The van der Waals surface area contributed by atoms with E-state index < -0.39 is 0 Å². The molecule has 4 nitrogen and oxygen atoms in total. The molecule has 0 radical (unpaired) electrons. The second-order valence-corrected chi connectivity index (χ2v) is 7.14. The fraction of sp³-hybridized carbons (Fsp3) is 0.632. The van der Waals surface area contributed by atoms with E-state index in [2.05, 4.69) is 34.5 Å². The fourth-order valence-corrected chi connectivity index (χ4v) is 3.79. The highest BCUT2D eigenvalue weighted by Crippen LogP contribution is 2.26. The van der Waals surface area contributed by atoms with Gasteiger partial charge < -0.3 is 11.1 Å². The summed E-state index contributed by atoms with van der Waals surface area (Å²) in [5, 5.41) is 3.03. The summed E-state index contributed by atoms with van der Waals surface area (Å²) in [6, 6.07) is 8.85. The van der Waals surface area contributed by atoms with E-state index in [1.54, 1.807) is 0 Å². The van der Waals surface area contributed by atoms with Crippen molar-refractivity contribution < 1.29 is 4.79 Å². The van der Waals surface area contributed by atoms with Gasteiger partial charge in [0.1, 0.15) is 0 Å². The van der Waals surface area contributed by atoms with Crippen LogP contribution in [0.15, 0.2) is 24.3 Å². The quantitative estimate of drug-likeness (QED) is 0.847. The molecule has 0 spiro atoms. The summed E-state index contributed by atoms with van der Waals surface area (Å²) in [5.74, 6) is 0.506. The van der Waals surface area contributed by atoms with Crippen molar-refractivity contribution in [2.45, 2.75) is 57.7 Å². The highest BCUT2D eigenvalue weighted by atomic mass is 16.1. The lowest BCUT2D eigenvalue weighted by atomic mass is 10.00. The summed E-state index contributed by atoms with van der Waals surface area (Å²) in [6.45, 7) is 4.11. The summed E-state index contributed by atoms with van der Waals surface area (Å²) in [4.78, 5) is 14.5. The molecule has 1 aliphatic carbocycles. The normalized spacial score (nSPS) is 24.9. The number of likely N-dealkylation sites (tertiary alicyclic amines) is 1. The van der Waals surface area contributed by atoms with E-state index in [1.807, 2.05) is 0 Å². The smallest absolute Gasteiger partial charge is 0.220 e. The predicted molar refractivity (Wildman–Crippen MR) is 92.7 cm³/mol. The zero-order chi connectivity index (χ0) is 16.1. The van der Waals surface area contributed by atoms with Crippen molar-refractivity contribution in [2.75, 3.05) is 13.1 Å². The number of rotatable bonds is 6. The maximum atomic E-state index is 12.0. The molecule has 1 saturated heterocycles. The summed E-state index contributed by atoms with van der Waals surface area (Å²) >= 11 is 0. The second-order valence-electron chi connectivity index (χ2n) is 7.14. The summed E-state index contributed by atoms with van der Waals surface area (Å²) < 4.78 is 0. The van der Waals surface area contributed by atoms with Crippen LogP contribution in [0.5, 0.6) is 0 Å². The molecular weight excluding hydrogens is 286 g/mol. The average molecular weight is 315 g/mol. The van der Waals surface area contributed by atoms with Gasteiger partial charge in [0.2, 0.25) is 5.91 Å². The van der Waals surface area contributed by atoms with Gasteiger partial charge in [-0.15, -0.1) is 0 Å². The number of hydrogen-bond acceptors (Lipinski definition) is 3. The van der Waals surface area contributed by atoms with Gasteiger partial charge in [-0.05, 0) is 55.8 Å². The minimum Gasteiger partial charge on any atom is -0.352 e. The van der Waals surface area contributed by atoms with Crippen LogP contribution in [-0.2, 0) is 17.9 Å². The van der Waals surface area contributed by atoms with E-state index in [9.17, 15) is 4.79 Å². The van der Waals surface area contributed by atoms with Gasteiger partial charge in [-0.3, -0.25) is 9.69 Å². The second kappa shape index (κ2) is 7.93. The monoisotopic (exact) mass is 315 g/mol. The first-order valence-corrected chi connectivity index (χ1v) is 9.03. The van der Waals surface area contributed by atoms with Crippen molar-refractivity contribution >= 4 is 5.91 Å². The molecule has 0 aromatic heterocycles. The van der Waals surface area contributed by atoms with Gasteiger partial charge in [0.25, 0.3) is 0 Å². The standard InChI is InChI=1S/C19H29N3O/c20-18-5-3-4-17(18)12-19(23)21-13-15-6-8-16(9-7-15)14-22-10-1-2-11-22/h6-9,17-18H,1-5,10-14,20H2,(H,21,23)/t17-,18+/m0/s1. The van der Waals surface area contributed by atoms with Crippen LogP contribution < -0.4 is 11.1 Å². The molecule has 4 heteroatoms. The molecule has 1 amide bonds. The largest absolute Gasteiger partial charge is 0.352 e. The fourth-order valence-electron chi connectivity index (χ4n) is 3.79. The molecule has 1 saturated carbocycles. The Balaban J connectivity index is 1.41. The van der Waals surface area contributed by atoms with E-state index in [0.29, 0.717) is 18.9 Å². The first kappa shape index (κ1) is 16.5. The number of benzene rings is 1. The van der Waals surface area contributed by atoms with Crippen molar-refractivity contribution in [1.82, 2.24) is 10.2 Å². The van der Waals surface area contributed by atoms with Crippen LogP contribution in [0.1, 0.15) is 49.7 Å². The lowest BCUT2D eigenvalue weighted by Gasteiger charge is -2.16. The number of nitrogens with zero attached hydrogens (tertiary/aromatic N) is 1. The molecule has 3 rings (SSSR count). The van der Waals surface area contributed by atoms with Crippen LogP contribution in [0, 0.1) is 5.92 Å². The van der Waals surface area contributed by atoms with E-state index in [0.717, 1.165) is 25.8 Å². The van der Waals surface area contributed by atoms with Gasteiger partial charge in [-0.1, -0.05) is 30.7 Å². The Kier molecular flexibility index (Phi) is 5.68. The predicted octanol–water partition coefficient (Wildman–Crippen LogP) is 2.42. The summed E-state index contributed by atoms with van der Waals surface area (Å²) in [5.41, 5.74) is 8.56. The first-order valence-electron chi connectivity index (χ1n) is 9.03. The van der Waals surface area contributed by atoms with Crippen LogP contribution in [0.25, 0.3) is 0 Å². The molecule has 1 aromatic rings. The zero-order valence-electron chi connectivity index (χ0n) is 14.0. The Morgan fingerprint density at radius 2 is 1.78 bits per heavy atom. The Hall–Kier alpha value is -1.39. The Morgan fingerprint density at radius 3 is 2.43 bits per heavy atom. The zero-order valence-corrected chi connectivity index (χ0v) is 14.0. The molecular formula is C19H29N3O. The molecule has 23 heavy (non-hydrogen) atoms. The number of carbonyl (C=O) groups excluding carboxylic acids is 1. The van der Waals surface area contributed by atoms with Crippen molar-refractivity contribution in [2.24, 2.45) is 11.7 Å². The number of nitrogens with two attached hydrogens (primary N) is 1. The van der Waals surface area contributed by atoms with Crippen LogP contribution in [0.4, 0.5) is 0 Å². The maximum Gasteiger partial charge on any atom is 0.220 e. The average Bonchev–Trinajstić information content (AvgIpc) is 3.19. The molecule has 2 fully saturated rings. The molecule has 126 valence electrons. The van der Waals surface area contributed by atoms with Crippen molar-refractivity contribution in [3.63, 3.8) is 0 Å². The maximum absolute atomic E-state index is 12.0. The molecule has 1 aromatic carbocycles. The van der Waals surface area contributed by atoms with Gasteiger partial charge in [0.15, 0.2) is 0 Å². The van der Waals surface area contributed by atoms with Gasteiger partial charge in [0, 0.05) is 25.6 Å². The van der Waals surface area contributed by atoms with Gasteiger partial charge in [0.05, 0.1) is 0 Å². The Morgan fingerprint density at radius 1 is 1.09 bits per heavy atom. The van der Waals surface area contributed by atoms with Crippen molar-refractivity contribution in [3.8, 4) is 0 Å². The molecule has 0 unspecified atom stereocenters. The topological polar surface area (TPSA) is 58.4 Å². The van der Waals surface area contributed by atoms with Crippen molar-refractivity contribution in [1.29, 1.82) is 0 Å². The molecule has 1 aliphatic heterocycles. The highest BCUT2D eigenvalue weighted by molar-refractivity contribution is 5.76. The third-order valence-corrected chi connectivity index (χ3v) is 5.28. The third-order valence-electron chi connectivity index (χ3n) is 5.28. The van der Waals surface area contributed by atoms with Crippen LogP contribution in [0.2, 0.25) is 0 Å². The van der Waals surface area contributed by atoms with Crippen LogP contribution in [0.3, 0.4) is 0 Å². The van der Waals surface area contributed by atoms with Gasteiger partial charge in [-0.2, -0.15) is 0 Å². The van der Waals surface area contributed by atoms with Crippen LogP contribution >= 0.6 is 0 Å². The molecule has 2 atom stereocenters. The van der Waals surface area contributed by atoms with E-state index in [1.165, 1.54) is 37.1 Å². The SMILES string of the molecule is N[C@@H]1CCC[C@H]1CC(=O)NCc1ccc(CN2CCCC2)cc1. The van der Waals surface area contributed by atoms with Crippen molar-refractivity contribution in [3.05, 3.63) is 35.4 Å². The molecule has 3 N–H and O–H groups in total. The lowest BCUT2D eigenvalue weighted by molar-refractivity contribution is -0.122. The number of nitrogens with one attached hydrogen (secondary N) is 1. The number of amides is 1. The van der Waals surface area contributed by atoms with E-state index >= 15 is 0 Å². The lowest BCUT2D eigenvalue weighted by Crippen LogP contribution is -2.31. The third kappa shape index (κ3) is 4.79. The van der Waals surface area contributed by atoms with Gasteiger partial charge >= 0.3 is 0 Å². The molecule has 2 aliphatic rings. The highest BCUT2D eigenvalue weighted by Gasteiger charge is 2.25. The first-order chi connectivity index (χ1) is 11.2. The number of carbonyl (C=O) groups is 1. The van der Waals surface area contributed by atoms with Gasteiger partial charge in [-0.25, -0.2) is 0 Å². The Labute approximate surface area is 139 Å².